The summed E-state index contributed by atoms with van der Waals surface area (Å²) in [5.74, 6) is -0.835. The molecular formula is C14H18N2O5. The summed E-state index contributed by atoms with van der Waals surface area (Å²) in [5.41, 5.74) is 0.874. The molecular weight excluding hydrogens is 276 g/mol. The van der Waals surface area contributed by atoms with Crippen molar-refractivity contribution in [3.63, 3.8) is 0 Å². The number of carboxylic acids is 1. The largest absolute Gasteiger partial charge is 0.497 e. The van der Waals surface area contributed by atoms with Crippen molar-refractivity contribution in [1.82, 2.24) is 4.90 Å². The average molecular weight is 294 g/mol. The first-order chi connectivity index (χ1) is 10.1. The first-order valence-corrected chi connectivity index (χ1v) is 6.56. The van der Waals surface area contributed by atoms with E-state index in [1.807, 2.05) is 23.1 Å². The Morgan fingerprint density at radius 1 is 1.10 bits per heavy atom. The van der Waals surface area contributed by atoms with Crippen molar-refractivity contribution < 1.29 is 24.2 Å². The Hall–Kier alpha value is -2.44. The number of carboxylic acid groups (broad SMARTS) is 1. The summed E-state index contributed by atoms with van der Waals surface area (Å²) in [4.78, 5) is 25.5. The van der Waals surface area contributed by atoms with Gasteiger partial charge >= 0.3 is 11.9 Å². The molecule has 1 amide bonds. The minimum absolute atomic E-state index is 0.367. The first-order valence-electron chi connectivity index (χ1n) is 6.56. The second-order valence-corrected chi connectivity index (χ2v) is 4.62. The molecule has 1 fully saturated rings. The number of rotatable bonds is 3. The summed E-state index contributed by atoms with van der Waals surface area (Å²) < 4.78 is 10.6. The monoisotopic (exact) mass is 294 g/mol. The molecule has 1 aromatic rings. The number of amides is 1. The topological polar surface area (TPSA) is 79.3 Å². The van der Waals surface area contributed by atoms with Crippen LogP contribution in [0.4, 0.5) is 5.69 Å². The van der Waals surface area contributed by atoms with E-state index in [0.29, 0.717) is 31.9 Å². The molecule has 7 heteroatoms. The number of hydrogen-bond acceptors (Lipinski definition) is 5. The summed E-state index contributed by atoms with van der Waals surface area (Å²) in [5, 5.41) is 8.73. The Balaban J connectivity index is 2.11. The molecule has 21 heavy (non-hydrogen) atoms. The van der Waals surface area contributed by atoms with Gasteiger partial charge in [0.15, 0.2) is 0 Å². The molecule has 0 atom stereocenters. The summed E-state index contributed by atoms with van der Waals surface area (Å²) >= 11 is 0. The van der Waals surface area contributed by atoms with Crippen molar-refractivity contribution in [3.8, 4) is 11.5 Å². The second kappa shape index (κ2) is 6.34. The van der Waals surface area contributed by atoms with E-state index < -0.39 is 11.9 Å². The molecule has 0 aromatic heterocycles. The Morgan fingerprint density at radius 2 is 1.76 bits per heavy atom. The van der Waals surface area contributed by atoms with Gasteiger partial charge in [0.1, 0.15) is 11.5 Å². The van der Waals surface area contributed by atoms with Crippen molar-refractivity contribution in [2.75, 3.05) is 45.3 Å². The number of nitrogens with zero attached hydrogens (tertiary/aromatic N) is 2. The van der Waals surface area contributed by atoms with Gasteiger partial charge in [0, 0.05) is 32.2 Å². The third-order valence-corrected chi connectivity index (χ3v) is 3.48. The third-order valence-electron chi connectivity index (χ3n) is 3.48. The molecule has 0 radical (unpaired) electrons. The molecule has 0 spiro atoms. The van der Waals surface area contributed by atoms with Crippen LogP contribution in [0, 0.1) is 0 Å². The molecule has 0 saturated carbocycles. The van der Waals surface area contributed by atoms with Gasteiger partial charge in [-0.15, -0.1) is 0 Å². The van der Waals surface area contributed by atoms with E-state index in [1.54, 1.807) is 14.2 Å². The highest BCUT2D eigenvalue weighted by atomic mass is 16.5. The van der Waals surface area contributed by atoms with Gasteiger partial charge in [-0.2, -0.15) is 0 Å². The van der Waals surface area contributed by atoms with E-state index in [2.05, 4.69) is 0 Å². The predicted octanol–water partition coefficient (Wildman–Crippen LogP) is 0.437. The van der Waals surface area contributed by atoms with Crippen LogP contribution in [-0.4, -0.2) is 62.3 Å². The number of piperazine rings is 1. The van der Waals surface area contributed by atoms with Crippen LogP contribution in [0.1, 0.15) is 0 Å². The number of aliphatic carboxylic acids is 1. The molecule has 1 heterocycles. The van der Waals surface area contributed by atoms with Crippen LogP contribution in [0.2, 0.25) is 0 Å². The number of hydrogen-bond donors (Lipinski definition) is 1. The number of benzene rings is 1. The smallest absolute Gasteiger partial charge is 0.394 e. The van der Waals surface area contributed by atoms with Gasteiger partial charge in [-0.25, -0.2) is 4.79 Å². The quantitative estimate of drug-likeness (QED) is 0.815. The van der Waals surface area contributed by atoms with E-state index in [-0.39, 0.29) is 0 Å². The van der Waals surface area contributed by atoms with Gasteiger partial charge in [-0.3, -0.25) is 4.79 Å². The minimum Gasteiger partial charge on any atom is -0.497 e. The fourth-order valence-electron chi connectivity index (χ4n) is 2.33. The Bertz CT molecular complexity index is 538. The zero-order chi connectivity index (χ0) is 15.4. The third kappa shape index (κ3) is 3.18. The normalized spacial score (nSPS) is 14.8. The highest BCUT2D eigenvalue weighted by Gasteiger charge is 2.26. The number of carbonyl (C=O) groups is 2. The van der Waals surface area contributed by atoms with Crippen molar-refractivity contribution in [2.45, 2.75) is 0 Å². The second-order valence-electron chi connectivity index (χ2n) is 4.62. The molecule has 1 saturated heterocycles. The molecule has 0 bridgehead atoms. The van der Waals surface area contributed by atoms with Crippen LogP contribution in [0.25, 0.3) is 0 Å². The van der Waals surface area contributed by atoms with Crippen LogP contribution >= 0.6 is 0 Å². The van der Waals surface area contributed by atoms with E-state index >= 15 is 0 Å². The van der Waals surface area contributed by atoms with E-state index in [0.717, 1.165) is 11.4 Å². The van der Waals surface area contributed by atoms with Gasteiger partial charge in [0.2, 0.25) is 0 Å². The Kier molecular flexibility index (Phi) is 4.52. The Morgan fingerprint density at radius 3 is 2.29 bits per heavy atom. The van der Waals surface area contributed by atoms with Crippen molar-refractivity contribution in [1.29, 1.82) is 0 Å². The van der Waals surface area contributed by atoms with Crippen LogP contribution in [-0.2, 0) is 9.59 Å². The van der Waals surface area contributed by atoms with Crippen LogP contribution < -0.4 is 14.4 Å². The zero-order valence-corrected chi connectivity index (χ0v) is 12.0. The van der Waals surface area contributed by atoms with Gasteiger partial charge in [0.05, 0.1) is 19.9 Å². The van der Waals surface area contributed by atoms with Crippen LogP contribution in [0.3, 0.4) is 0 Å². The highest BCUT2D eigenvalue weighted by molar-refractivity contribution is 6.31. The molecule has 1 aromatic carbocycles. The molecule has 114 valence electrons. The lowest BCUT2D eigenvalue weighted by atomic mass is 10.2. The number of anilines is 1. The molecule has 1 N–H and O–H groups in total. The molecule has 1 aliphatic heterocycles. The predicted molar refractivity (Wildman–Crippen MR) is 76.0 cm³/mol. The number of methoxy groups -OCH3 is 2. The van der Waals surface area contributed by atoms with Crippen molar-refractivity contribution >= 4 is 17.6 Å². The maximum absolute atomic E-state index is 11.4. The first kappa shape index (κ1) is 15.0. The van der Waals surface area contributed by atoms with Crippen LogP contribution in [0.15, 0.2) is 18.2 Å². The average Bonchev–Trinajstić information content (AvgIpc) is 2.53. The van der Waals surface area contributed by atoms with Gasteiger partial charge in [-0.1, -0.05) is 0 Å². The van der Waals surface area contributed by atoms with Crippen molar-refractivity contribution in [3.05, 3.63) is 18.2 Å². The summed E-state index contributed by atoms with van der Waals surface area (Å²) in [6.45, 7) is 1.82. The van der Waals surface area contributed by atoms with Crippen LogP contribution in [0.5, 0.6) is 11.5 Å². The van der Waals surface area contributed by atoms with Crippen molar-refractivity contribution in [2.24, 2.45) is 0 Å². The fourth-order valence-corrected chi connectivity index (χ4v) is 2.33. The van der Waals surface area contributed by atoms with E-state index in [4.69, 9.17) is 14.6 Å². The molecule has 2 rings (SSSR count). The number of carbonyl (C=O) groups excluding carboxylic acids is 1. The van der Waals surface area contributed by atoms with Gasteiger partial charge in [-0.05, 0) is 12.1 Å². The molecule has 1 aliphatic rings. The SMILES string of the molecule is COc1ccc(OC)c(N2CCN(C(=O)C(=O)O)CC2)c1. The molecule has 7 nitrogen and oxygen atoms in total. The lowest BCUT2D eigenvalue weighted by molar-refractivity contribution is -0.156. The minimum atomic E-state index is -1.41. The fraction of sp³-hybridized carbons (Fsp3) is 0.429. The highest BCUT2D eigenvalue weighted by Crippen LogP contribution is 2.32. The Labute approximate surface area is 122 Å². The zero-order valence-electron chi connectivity index (χ0n) is 12.0. The molecule has 0 aliphatic carbocycles. The maximum atomic E-state index is 11.4. The lowest BCUT2D eigenvalue weighted by Crippen LogP contribution is -2.50. The van der Waals surface area contributed by atoms with E-state index in [9.17, 15) is 9.59 Å². The van der Waals surface area contributed by atoms with Gasteiger partial charge in [0.25, 0.3) is 0 Å². The summed E-state index contributed by atoms with van der Waals surface area (Å²) in [7, 11) is 3.19. The number of ether oxygens (including phenoxy) is 2. The maximum Gasteiger partial charge on any atom is 0.394 e. The van der Waals surface area contributed by atoms with E-state index in [1.165, 1.54) is 4.90 Å². The molecule has 0 unspecified atom stereocenters. The standard InChI is InChI=1S/C14H18N2O5/c1-20-10-3-4-12(21-2)11(9-10)15-5-7-16(8-6-15)13(17)14(18)19/h3-4,9H,5-8H2,1-2H3,(H,18,19). The van der Waals surface area contributed by atoms with Gasteiger partial charge < -0.3 is 24.4 Å². The summed E-state index contributed by atoms with van der Waals surface area (Å²) in [6.07, 6.45) is 0. The lowest BCUT2D eigenvalue weighted by Gasteiger charge is -2.36. The summed E-state index contributed by atoms with van der Waals surface area (Å²) in [6, 6.07) is 5.50.